The molecule has 1 aliphatic rings. The minimum absolute atomic E-state index is 0.00392. The lowest BCUT2D eigenvalue weighted by molar-refractivity contribution is -0.126. The van der Waals surface area contributed by atoms with Crippen LogP contribution in [0, 0.1) is 5.92 Å². The molecule has 35 heavy (non-hydrogen) atoms. The fraction of sp³-hybridized carbons (Fsp3) is 0.400. The van der Waals surface area contributed by atoms with E-state index in [4.69, 9.17) is 4.74 Å². The highest BCUT2D eigenvalue weighted by Crippen LogP contribution is 2.22. The van der Waals surface area contributed by atoms with Crippen molar-refractivity contribution in [2.24, 2.45) is 5.92 Å². The van der Waals surface area contributed by atoms with Gasteiger partial charge in [0.05, 0.1) is 0 Å². The molecule has 0 radical (unpaired) electrons. The van der Waals surface area contributed by atoms with Crippen molar-refractivity contribution in [2.45, 2.75) is 46.1 Å². The van der Waals surface area contributed by atoms with E-state index in [0.717, 1.165) is 29.5 Å². The molecule has 186 valence electrons. The van der Waals surface area contributed by atoms with E-state index in [2.05, 4.69) is 25.1 Å². The Labute approximate surface area is 210 Å². The summed E-state index contributed by atoms with van der Waals surface area (Å²) in [5, 5.41) is 0. The average Bonchev–Trinajstić information content (AvgIpc) is 2.82. The van der Waals surface area contributed by atoms with Crippen LogP contribution in [0.4, 0.5) is 4.79 Å². The molecule has 1 aliphatic heterocycles. The van der Waals surface area contributed by atoms with E-state index in [0.29, 0.717) is 32.1 Å². The van der Waals surface area contributed by atoms with Crippen LogP contribution < -0.4 is 0 Å². The summed E-state index contributed by atoms with van der Waals surface area (Å²) in [5.74, 6) is 0.344. The molecule has 1 fully saturated rings. The van der Waals surface area contributed by atoms with Gasteiger partial charge in [-0.2, -0.15) is 0 Å². The number of likely N-dealkylation sites (tertiary alicyclic amines) is 1. The Morgan fingerprint density at radius 2 is 1.54 bits per heavy atom. The van der Waals surface area contributed by atoms with Crippen molar-refractivity contribution in [2.75, 3.05) is 26.2 Å². The standard InChI is InChI=1S/C30H38N2O3/c1-24(21-26-13-9-6-10-14-26)22-32(28(33)16-15-25-11-7-5-8-12-25)23-27-17-19-31(20-18-27)29(34)35-30(2,3)4/h5-16,21,27H,17-20,22-23H2,1-4H3/b16-15+,24-21+. The van der Waals surface area contributed by atoms with Gasteiger partial charge in [-0.15, -0.1) is 0 Å². The van der Waals surface area contributed by atoms with Gasteiger partial charge in [0.15, 0.2) is 0 Å². The number of piperidine rings is 1. The molecule has 0 aromatic heterocycles. The maximum Gasteiger partial charge on any atom is 0.410 e. The summed E-state index contributed by atoms with van der Waals surface area (Å²) in [7, 11) is 0. The normalized spacial score (nSPS) is 15.3. The highest BCUT2D eigenvalue weighted by molar-refractivity contribution is 5.92. The highest BCUT2D eigenvalue weighted by Gasteiger charge is 2.28. The molecule has 0 saturated carbocycles. The molecule has 5 heteroatoms. The Hall–Kier alpha value is -3.34. The van der Waals surface area contributed by atoms with Gasteiger partial charge in [0.2, 0.25) is 5.91 Å². The summed E-state index contributed by atoms with van der Waals surface area (Å²) >= 11 is 0. The molecule has 2 amide bonds. The largest absolute Gasteiger partial charge is 0.444 e. The molecule has 2 aromatic rings. The van der Waals surface area contributed by atoms with Crippen molar-refractivity contribution in [1.82, 2.24) is 9.80 Å². The van der Waals surface area contributed by atoms with Crippen LogP contribution in [-0.4, -0.2) is 53.6 Å². The van der Waals surface area contributed by atoms with Crippen molar-refractivity contribution in [3.8, 4) is 0 Å². The van der Waals surface area contributed by atoms with Gasteiger partial charge in [0.1, 0.15) is 5.60 Å². The Bertz CT molecular complexity index is 1010. The Balaban J connectivity index is 1.66. The zero-order valence-corrected chi connectivity index (χ0v) is 21.4. The summed E-state index contributed by atoms with van der Waals surface area (Å²) in [6, 6.07) is 20.0. The molecule has 2 aromatic carbocycles. The average molecular weight is 475 g/mol. The number of benzene rings is 2. The second-order valence-electron chi connectivity index (χ2n) is 10.3. The zero-order chi connectivity index (χ0) is 25.3. The number of nitrogens with zero attached hydrogens (tertiary/aromatic N) is 2. The minimum atomic E-state index is -0.495. The zero-order valence-electron chi connectivity index (χ0n) is 21.4. The molecule has 0 spiro atoms. The van der Waals surface area contributed by atoms with E-state index >= 15 is 0 Å². The van der Waals surface area contributed by atoms with Gasteiger partial charge in [-0.25, -0.2) is 4.79 Å². The molecule has 0 N–H and O–H groups in total. The quantitative estimate of drug-likeness (QED) is 0.444. The van der Waals surface area contributed by atoms with Crippen LogP contribution in [0.2, 0.25) is 0 Å². The second kappa shape index (κ2) is 12.4. The van der Waals surface area contributed by atoms with Crippen molar-refractivity contribution in [3.63, 3.8) is 0 Å². The van der Waals surface area contributed by atoms with Crippen LogP contribution in [0.5, 0.6) is 0 Å². The van der Waals surface area contributed by atoms with Gasteiger partial charge in [-0.3, -0.25) is 4.79 Å². The van der Waals surface area contributed by atoms with Crippen molar-refractivity contribution < 1.29 is 14.3 Å². The predicted octanol–water partition coefficient (Wildman–Crippen LogP) is 6.28. The summed E-state index contributed by atoms with van der Waals surface area (Å²) < 4.78 is 5.52. The summed E-state index contributed by atoms with van der Waals surface area (Å²) in [5.41, 5.74) is 2.76. The number of rotatable bonds is 7. The monoisotopic (exact) mass is 474 g/mol. The van der Waals surface area contributed by atoms with Crippen LogP contribution in [0.15, 0.2) is 72.3 Å². The third-order valence-corrected chi connectivity index (χ3v) is 5.93. The third-order valence-electron chi connectivity index (χ3n) is 5.93. The molecule has 0 unspecified atom stereocenters. The summed E-state index contributed by atoms with van der Waals surface area (Å²) in [4.78, 5) is 29.4. The lowest BCUT2D eigenvalue weighted by Crippen LogP contribution is -2.44. The molecule has 0 atom stereocenters. The number of carbonyl (C=O) groups excluding carboxylic acids is 2. The topological polar surface area (TPSA) is 49.9 Å². The number of hydrogen-bond donors (Lipinski definition) is 0. The fourth-order valence-corrected chi connectivity index (χ4v) is 4.19. The number of amides is 2. The first-order chi connectivity index (χ1) is 16.7. The molecular weight excluding hydrogens is 436 g/mol. The van der Waals surface area contributed by atoms with E-state index in [9.17, 15) is 9.59 Å². The van der Waals surface area contributed by atoms with Crippen molar-refractivity contribution in [3.05, 3.63) is 83.4 Å². The van der Waals surface area contributed by atoms with E-state index in [1.54, 1.807) is 11.0 Å². The SMILES string of the molecule is C/C(=C\c1ccccc1)CN(CC1CCN(C(=O)OC(C)(C)C)CC1)C(=O)/C=C/c1ccccc1. The maximum absolute atomic E-state index is 13.2. The number of carbonyl (C=O) groups is 2. The summed E-state index contributed by atoms with van der Waals surface area (Å²) in [6.07, 6.45) is 7.13. The van der Waals surface area contributed by atoms with E-state index in [-0.39, 0.29) is 12.0 Å². The molecule has 5 nitrogen and oxygen atoms in total. The number of hydrogen-bond acceptors (Lipinski definition) is 3. The first-order valence-electron chi connectivity index (χ1n) is 12.4. The van der Waals surface area contributed by atoms with Gasteiger partial charge >= 0.3 is 6.09 Å². The highest BCUT2D eigenvalue weighted by atomic mass is 16.6. The van der Waals surface area contributed by atoms with Crippen molar-refractivity contribution in [1.29, 1.82) is 0 Å². The van der Waals surface area contributed by atoms with E-state index in [1.165, 1.54) is 0 Å². The predicted molar refractivity (Wildman–Crippen MR) is 143 cm³/mol. The lowest BCUT2D eigenvalue weighted by Gasteiger charge is -2.35. The first kappa shape index (κ1) is 26.3. The molecular formula is C30H38N2O3. The lowest BCUT2D eigenvalue weighted by atomic mass is 9.96. The Kier molecular flexibility index (Phi) is 9.30. The van der Waals surface area contributed by atoms with Crippen LogP contribution in [0.3, 0.4) is 0 Å². The Morgan fingerprint density at radius 1 is 0.971 bits per heavy atom. The fourth-order valence-electron chi connectivity index (χ4n) is 4.19. The minimum Gasteiger partial charge on any atom is -0.444 e. The first-order valence-corrected chi connectivity index (χ1v) is 12.4. The van der Waals surface area contributed by atoms with E-state index in [1.807, 2.05) is 80.3 Å². The number of ether oxygens (including phenoxy) is 1. The van der Waals surface area contributed by atoms with Crippen LogP contribution in [0.1, 0.15) is 51.7 Å². The Morgan fingerprint density at radius 3 is 2.11 bits per heavy atom. The molecule has 3 rings (SSSR count). The summed E-state index contributed by atoms with van der Waals surface area (Å²) in [6.45, 7) is 10.3. The molecule has 1 heterocycles. The smallest absolute Gasteiger partial charge is 0.410 e. The van der Waals surface area contributed by atoms with Gasteiger partial charge < -0.3 is 14.5 Å². The van der Waals surface area contributed by atoms with E-state index < -0.39 is 5.60 Å². The van der Waals surface area contributed by atoms with Crippen LogP contribution in [0.25, 0.3) is 12.2 Å². The molecule has 0 bridgehead atoms. The maximum atomic E-state index is 13.2. The third kappa shape index (κ3) is 9.08. The van der Waals surface area contributed by atoms with Gasteiger partial charge in [-0.05, 0) is 63.7 Å². The van der Waals surface area contributed by atoms with Crippen molar-refractivity contribution >= 4 is 24.2 Å². The van der Waals surface area contributed by atoms with Gasteiger partial charge in [0.25, 0.3) is 0 Å². The molecule has 1 saturated heterocycles. The van der Waals surface area contributed by atoms with Gasteiger partial charge in [-0.1, -0.05) is 72.3 Å². The molecule has 0 aliphatic carbocycles. The van der Waals surface area contributed by atoms with Gasteiger partial charge in [0, 0.05) is 32.3 Å². The van der Waals surface area contributed by atoms with Crippen LogP contribution >= 0.6 is 0 Å². The van der Waals surface area contributed by atoms with Crippen LogP contribution in [-0.2, 0) is 9.53 Å². The second-order valence-corrected chi connectivity index (χ2v) is 10.3.